The van der Waals surface area contributed by atoms with Gasteiger partial charge in [0.15, 0.2) is 0 Å². The molecule has 4 N–H and O–H groups in total. The third-order valence-corrected chi connectivity index (χ3v) is 5.91. The Bertz CT molecular complexity index is 923. The van der Waals surface area contributed by atoms with Gasteiger partial charge in [0, 0.05) is 12.1 Å². The van der Waals surface area contributed by atoms with Crippen molar-refractivity contribution in [1.82, 2.24) is 4.72 Å². The van der Waals surface area contributed by atoms with Gasteiger partial charge < -0.3 is 10.5 Å². The summed E-state index contributed by atoms with van der Waals surface area (Å²) in [5.41, 5.74) is 7.86. The highest BCUT2D eigenvalue weighted by Crippen LogP contribution is 2.20. The number of nitrogens with one attached hydrogen (secondary N) is 2. The molecule has 0 radical (unpaired) electrons. The molecule has 0 aliphatic carbocycles. The zero-order chi connectivity index (χ0) is 20.7. The third kappa shape index (κ3) is 5.90. The summed E-state index contributed by atoms with van der Waals surface area (Å²) in [6.07, 6.45) is 0.856. The average Bonchev–Trinajstić information content (AvgIpc) is 2.68. The summed E-state index contributed by atoms with van der Waals surface area (Å²) in [5, 5.41) is 7.34. The predicted octanol–water partition coefficient (Wildman–Crippen LogP) is 2.16. The van der Waals surface area contributed by atoms with Crippen LogP contribution in [0.25, 0.3) is 0 Å². The number of benzene rings is 2. The topological polar surface area (TPSA) is 122 Å². The van der Waals surface area contributed by atoms with Gasteiger partial charge in [-0.1, -0.05) is 31.2 Å². The summed E-state index contributed by atoms with van der Waals surface area (Å²) in [6.45, 7) is 2.21. The molecule has 1 unspecified atom stereocenters. The number of amidine groups is 1. The molecule has 0 spiro atoms. The van der Waals surface area contributed by atoms with E-state index in [9.17, 15) is 13.2 Å². The maximum absolute atomic E-state index is 12.3. The van der Waals surface area contributed by atoms with E-state index in [0.29, 0.717) is 18.4 Å². The highest BCUT2D eigenvalue weighted by Gasteiger charge is 2.14. The lowest BCUT2D eigenvalue weighted by Gasteiger charge is -2.11. The number of methoxy groups -OCH3 is 1. The highest BCUT2D eigenvalue weighted by molar-refractivity contribution is 7.89. The van der Waals surface area contributed by atoms with E-state index in [2.05, 4.69) is 9.46 Å². The van der Waals surface area contributed by atoms with Crippen LogP contribution in [-0.4, -0.2) is 33.9 Å². The summed E-state index contributed by atoms with van der Waals surface area (Å²) in [5.74, 6) is -0.304. The SMILES string of the molecule is COC(=O)CC(C)c1ccc(CCNS(=O)(=O)c2ccc(C(=N)N)cc2)cc1. The van der Waals surface area contributed by atoms with Crippen molar-refractivity contribution in [3.8, 4) is 0 Å². The number of nitrogen functional groups attached to an aromatic ring is 1. The second-order valence-electron chi connectivity index (χ2n) is 6.51. The van der Waals surface area contributed by atoms with Crippen LogP contribution in [0.15, 0.2) is 53.4 Å². The third-order valence-electron chi connectivity index (χ3n) is 4.43. The zero-order valence-electron chi connectivity index (χ0n) is 15.9. The molecule has 8 heteroatoms. The maximum Gasteiger partial charge on any atom is 0.306 e. The summed E-state index contributed by atoms with van der Waals surface area (Å²) < 4.78 is 31.9. The number of rotatable bonds is 9. The van der Waals surface area contributed by atoms with Crippen molar-refractivity contribution in [3.63, 3.8) is 0 Å². The van der Waals surface area contributed by atoms with Gasteiger partial charge in [-0.3, -0.25) is 10.2 Å². The molecule has 0 aliphatic heterocycles. The first-order chi connectivity index (χ1) is 13.2. The largest absolute Gasteiger partial charge is 0.469 e. The number of nitrogens with two attached hydrogens (primary N) is 1. The van der Waals surface area contributed by atoms with Crippen LogP contribution >= 0.6 is 0 Å². The Morgan fingerprint density at radius 2 is 1.75 bits per heavy atom. The maximum atomic E-state index is 12.3. The lowest BCUT2D eigenvalue weighted by Crippen LogP contribution is -2.26. The van der Waals surface area contributed by atoms with Crippen molar-refractivity contribution >= 4 is 21.8 Å². The molecule has 28 heavy (non-hydrogen) atoms. The van der Waals surface area contributed by atoms with E-state index < -0.39 is 10.0 Å². The normalized spacial score (nSPS) is 12.4. The lowest BCUT2D eigenvalue weighted by molar-refractivity contribution is -0.140. The van der Waals surface area contributed by atoms with Crippen LogP contribution in [0.3, 0.4) is 0 Å². The van der Waals surface area contributed by atoms with Crippen molar-refractivity contribution in [3.05, 3.63) is 65.2 Å². The quantitative estimate of drug-likeness (QED) is 0.336. The Labute approximate surface area is 165 Å². The molecule has 2 aromatic rings. The van der Waals surface area contributed by atoms with E-state index in [1.54, 1.807) is 0 Å². The summed E-state index contributed by atoms with van der Waals surface area (Å²) in [4.78, 5) is 11.5. The molecule has 1 atom stereocenters. The molecule has 0 aliphatic rings. The van der Waals surface area contributed by atoms with Crippen LogP contribution in [0.5, 0.6) is 0 Å². The molecule has 0 fully saturated rings. The lowest BCUT2D eigenvalue weighted by atomic mass is 9.96. The van der Waals surface area contributed by atoms with Gasteiger partial charge in [-0.2, -0.15) is 0 Å². The molecule has 0 aromatic heterocycles. The molecule has 0 bridgehead atoms. The predicted molar refractivity (Wildman–Crippen MR) is 108 cm³/mol. The van der Waals surface area contributed by atoms with Gasteiger partial charge in [-0.05, 0) is 47.7 Å². The van der Waals surface area contributed by atoms with E-state index in [0.717, 1.165) is 11.1 Å². The second kappa shape index (κ2) is 9.48. The van der Waals surface area contributed by atoms with Crippen molar-refractivity contribution in [2.24, 2.45) is 5.73 Å². The number of esters is 1. The molecule has 2 rings (SSSR count). The number of sulfonamides is 1. The number of carbonyl (C=O) groups is 1. The molecule has 2 aromatic carbocycles. The van der Waals surface area contributed by atoms with E-state index in [-0.39, 0.29) is 29.2 Å². The molecule has 150 valence electrons. The minimum Gasteiger partial charge on any atom is -0.469 e. The van der Waals surface area contributed by atoms with Gasteiger partial charge in [-0.15, -0.1) is 0 Å². The molecule has 0 saturated carbocycles. The van der Waals surface area contributed by atoms with Gasteiger partial charge in [-0.25, -0.2) is 13.1 Å². The van der Waals surface area contributed by atoms with Crippen molar-refractivity contribution in [1.29, 1.82) is 5.41 Å². The molecular weight excluding hydrogens is 378 g/mol. The highest BCUT2D eigenvalue weighted by atomic mass is 32.2. The molecule has 0 heterocycles. The minimum atomic E-state index is -3.62. The van der Waals surface area contributed by atoms with Gasteiger partial charge in [0.25, 0.3) is 0 Å². The van der Waals surface area contributed by atoms with Crippen LogP contribution in [0.4, 0.5) is 0 Å². The van der Waals surface area contributed by atoms with E-state index in [4.69, 9.17) is 11.1 Å². The number of hydrogen-bond donors (Lipinski definition) is 3. The van der Waals surface area contributed by atoms with Crippen molar-refractivity contribution < 1.29 is 17.9 Å². The van der Waals surface area contributed by atoms with Gasteiger partial charge >= 0.3 is 5.97 Å². The van der Waals surface area contributed by atoms with Gasteiger partial charge in [0.2, 0.25) is 10.0 Å². The van der Waals surface area contributed by atoms with Gasteiger partial charge in [0.1, 0.15) is 5.84 Å². The average molecular weight is 404 g/mol. The number of carbonyl (C=O) groups excluding carboxylic acids is 1. The molecule has 0 saturated heterocycles. The van der Waals surface area contributed by atoms with E-state index in [1.165, 1.54) is 31.4 Å². The number of hydrogen-bond acceptors (Lipinski definition) is 5. The Hall–Kier alpha value is -2.71. The van der Waals surface area contributed by atoms with E-state index >= 15 is 0 Å². The number of ether oxygens (including phenoxy) is 1. The van der Waals surface area contributed by atoms with Crippen LogP contribution in [0, 0.1) is 5.41 Å². The Morgan fingerprint density at radius 1 is 1.14 bits per heavy atom. The Balaban J connectivity index is 1.91. The molecule has 0 amide bonds. The summed E-state index contributed by atoms with van der Waals surface area (Å²) >= 11 is 0. The van der Waals surface area contributed by atoms with Gasteiger partial charge in [0.05, 0.1) is 18.4 Å². The summed E-state index contributed by atoms with van der Waals surface area (Å²) in [7, 11) is -2.25. The fourth-order valence-corrected chi connectivity index (χ4v) is 3.72. The van der Waals surface area contributed by atoms with E-state index in [1.807, 2.05) is 31.2 Å². The zero-order valence-corrected chi connectivity index (χ0v) is 16.8. The minimum absolute atomic E-state index is 0.0537. The smallest absolute Gasteiger partial charge is 0.306 e. The first kappa shape index (κ1) is 21.6. The summed E-state index contributed by atoms with van der Waals surface area (Å²) in [6, 6.07) is 13.6. The molecule has 7 nitrogen and oxygen atoms in total. The first-order valence-electron chi connectivity index (χ1n) is 8.82. The van der Waals surface area contributed by atoms with Crippen LogP contribution < -0.4 is 10.5 Å². The fourth-order valence-electron chi connectivity index (χ4n) is 2.69. The molecular formula is C20H25N3O4S. The first-order valence-corrected chi connectivity index (χ1v) is 10.3. The fraction of sp³-hybridized carbons (Fsp3) is 0.300. The Morgan fingerprint density at radius 3 is 2.29 bits per heavy atom. The second-order valence-corrected chi connectivity index (χ2v) is 8.28. The monoisotopic (exact) mass is 403 g/mol. The van der Waals surface area contributed by atoms with Crippen LogP contribution in [0.2, 0.25) is 0 Å². The van der Waals surface area contributed by atoms with Crippen LogP contribution in [-0.2, 0) is 26.0 Å². The van der Waals surface area contributed by atoms with Crippen LogP contribution in [0.1, 0.15) is 36.0 Å². The standard InChI is InChI=1S/C20H25N3O4S/c1-14(13-19(24)27-2)16-5-3-15(4-6-16)11-12-23-28(25,26)18-9-7-17(8-10-18)20(21)22/h3-10,14,23H,11-13H2,1-2H3,(H3,21,22). The Kier molecular flexibility index (Phi) is 7.31. The van der Waals surface area contributed by atoms with Crippen molar-refractivity contribution in [2.75, 3.05) is 13.7 Å². The van der Waals surface area contributed by atoms with Crippen molar-refractivity contribution in [2.45, 2.75) is 30.6 Å².